The summed E-state index contributed by atoms with van der Waals surface area (Å²) >= 11 is 1.40. The summed E-state index contributed by atoms with van der Waals surface area (Å²) in [5.41, 5.74) is 1.12. The molecule has 0 bridgehead atoms. The molecule has 2 aromatic heterocycles. The molecule has 4 rings (SSSR count). The van der Waals surface area contributed by atoms with Crippen LogP contribution in [-0.4, -0.2) is 15.0 Å². The Labute approximate surface area is 168 Å². The number of rotatable bonds is 4. The molecule has 0 aliphatic carbocycles. The highest BCUT2D eigenvalue weighted by molar-refractivity contribution is 7.16. The maximum absolute atomic E-state index is 12.2. The molecule has 1 N–H and O–H groups in total. The topological polar surface area (TPSA) is 106 Å². The normalized spacial score (nSPS) is 11.7. The lowest BCUT2D eigenvalue weighted by Gasteiger charge is -2.00. The van der Waals surface area contributed by atoms with Gasteiger partial charge in [0.2, 0.25) is 0 Å². The highest BCUT2D eigenvalue weighted by Gasteiger charge is 2.14. The van der Waals surface area contributed by atoms with Crippen molar-refractivity contribution in [3.63, 3.8) is 0 Å². The predicted molar refractivity (Wildman–Crippen MR) is 112 cm³/mol. The molecule has 7 nitrogen and oxygen atoms in total. The van der Waals surface area contributed by atoms with E-state index in [1.807, 2.05) is 43.3 Å². The minimum absolute atomic E-state index is 0.0134. The smallest absolute Gasteiger partial charge is 0.362 e. The van der Waals surface area contributed by atoms with Crippen molar-refractivity contribution < 1.29 is 14.4 Å². The van der Waals surface area contributed by atoms with E-state index in [0.29, 0.717) is 4.88 Å². The van der Waals surface area contributed by atoms with Crippen molar-refractivity contribution in [1.82, 2.24) is 4.98 Å². The monoisotopic (exact) mass is 406 g/mol. The van der Waals surface area contributed by atoms with Crippen LogP contribution in [-0.2, 0) is 0 Å². The molecule has 8 heteroatoms. The van der Waals surface area contributed by atoms with Gasteiger partial charge in [-0.1, -0.05) is 30.3 Å². The number of thiophene rings is 1. The second-order valence-corrected chi connectivity index (χ2v) is 7.37. The summed E-state index contributed by atoms with van der Waals surface area (Å²) in [4.78, 5) is 28.3. The van der Waals surface area contributed by atoms with Gasteiger partial charge in [-0.3, -0.25) is 10.1 Å². The number of hydrogen-bond acceptors (Lipinski definition) is 7. The van der Waals surface area contributed by atoms with Gasteiger partial charge in [-0.05, 0) is 30.2 Å². The van der Waals surface area contributed by atoms with Gasteiger partial charge in [0.1, 0.15) is 11.3 Å². The zero-order valence-corrected chi connectivity index (χ0v) is 16.0. The van der Waals surface area contributed by atoms with E-state index in [1.54, 1.807) is 0 Å². The third-order valence-corrected chi connectivity index (χ3v) is 5.60. The third-order valence-electron chi connectivity index (χ3n) is 4.29. The SMILES string of the molecule is Cc1cc(-c2ccccc2)sc1/C(O)=C\c1nc2ccc([N+](=O)[O-])cc2oc1=O. The molecule has 0 radical (unpaired) electrons. The lowest BCUT2D eigenvalue weighted by atomic mass is 10.1. The molecule has 0 unspecified atom stereocenters. The van der Waals surface area contributed by atoms with E-state index in [0.717, 1.165) is 22.1 Å². The van der Waals surface area contributed by atoms with Crippen LogP contribution in [0.1, 0.15) is 16.1 Å². The number of nitro groups is 1. The maximum atomic E-state index is 12.2. The molecule has 0 atom stereocenters. The van der Waals surface area contributed by atoms with E-state index in [1.165, 1.54) is 29.5 Å². The van der Waals surface area contributed by atoms with Gasteiger partial charge in [0.05, 0.1) is 15.9 Å². The summed E-state index contributed by atoms with van der Waals surface area (Å²) in [6.07, 6.45) is 1.25. The number of aromatic nitrogens is 1. The summed E-state index contributed by atoms with van der Waals surface area (Å²) < 4.78 is 5.15. The molecule has 0 spiro atoms. The highest BCUT2D eigenvalue weighted by atomic mass is 32.1. The van der Waals surface area contributed by atoms with Gasteiger partial charge in [0, 0.05) is 17.0 Å². The van der Waals surface area contributed by atoms with Crippen molar-refractivity contribution >= 4 is 40.0 Å². The van der Waals surface area contributed by atoms with E-state index in [2.05, 4.69) is 4.98 Å². The molecule has 0 aliphatic heterocycles. The lowest BCUT2D eigenvalue weighted by molar-refractivity contribution is -0.384. The van der Waals surface area contributed by atoms with Crippen molar-refractivity contribution in [2.75, 3.05) is 0 Å². The molecule has 2 heterocycles. The fourth-order valence-corrected chi connectivity index (χ4v) is 3.98. The third kappa shape index (κ3) is 3.65. The number of benzene rings is 2. The number of non-ortho nitro benzene ring substituents is 1. The van der Waals surface area contributed by atoms with Crippen molar-refractivity contribution in [1.29, 1.82) is 0 Å². The molecule has 0 aliphatic rings. The van der Waals surface area contributed by atoms with Crippen LogP contribution >= 0.6 is 11.3 Å². The Balaban J connectivity index is 1.74. The first kappa shape index (κ1) is 18.6. The molecule has 0 fully saturated rings. The van der Waals surface area contributed by atoms with Crippen molar-refractivity contribution in [2.45, 2.75) is 6.92 Å². The summed E-state index contributed by atoms with van der Waals surface area (Å²) in [6.45, 7) is 1.87. The number of aliphatic hydroxyl groups is 1. The second kappa shape index (κ2) is 7.33. The zero-order valence-electron chi connectivity index (χ0n) is 15.2. The molecule has 29 heavy (non-hydrogen) atoms. The Bertz CT molecular complexity index is 1320. The van der Waals surface area contributed by atoms with Crippen LogP contribution in [0.4, 0.5) is 5.69 Å². The van der Waals surface area contributed by atoms with Gasteiger partial charge in [-0.25, -0.2) is 9.78 Å². The van der Waals surface area contributed by atoms with Gasteiger partial charge in [0.15, 0.2) is 11.3 Å². The van der Waals surface area contributed by atoms with Crippen LogP contribution in [0.15, 0.2) is 63.8 Å². The molecular formula is C21H14N2O5S. The molecule has 0 saturated heterocycles. The first-order valence-corrected chi connectivity index (χ1v) is 9.40. The summed E-state index contributed by atoms with van der Waals surface area (Å²) in [7, 11) is 0. The Kier molecular flexibility index (Phi) is 4.69. The van der Waals surface area contributed by atoms with Crippen LogP contribution in [0.2, 0.25) is 0 Å². The summed E-state index contributed by atoms with van der Waals surface area (Å²) in [5.74, 6) is -0.101. The summed E-state index contributed by atoms with van der Waals surface area (Å²) in [6, 6.07) is 15.6. The van der Waals surface area contributed by atoms with Crippen molar-refractivity contribution in [3.8, 4) is 10.4 Å². The number of nitro benzene ring substituents is 1. The number of aliphatic hydroxyl groups excluding tert-OH is 1. The molecular weight excluding hydrogens is 392 g/mol. The van der Waals surface area contributed by atoms with Crippen molar-refractivity contribution in [2.24, 2.45) is 0 Å². The molecule has 4 aromatic rings. The highest BCUT2D eigenvalue weighted by Crippen LogP contribution is 2.34. The van der Waals surface area contributed by atoms with Crippen molar-refractivity contribution in [3.05, 3.63) is 91.3 Å². The first-order chi connectivity index (χ1) is 13.9. The Morgan fingerprint density at radius 1 is 1.21 bits per heavy atom. The van der Waals surface area contributed by atoms with Gasteiger partial charge >= 0.3 is 5.63 Å². The molecule has 0 saturated carbocycles. The van der Waals surface area contributed by atoms with Crippen LogP contribution in [0.5, 0.6) is 0 Å². The number of aryl methyl sites for hydroxylation is 1. The van der Waals surface area contributed by atoms with Gasteiger partial charge < -0.3 is 9.52 Å². The molecule has 0 amide bonds. The number of fused-ring (bicyclic) bond motifs is 1. The molecule has 2 aromatic carbocycles. The van der Waals surface area contributed by atoms with Crippen LogP contribution < -0.4 is 5.63 Å². The Morgan fingerprint density at radius 3 is 2.69 bits per heavy atom. The maximum Gasteiger partial charge on any atom is 0.362 e. The fourth-order valence-electron chi connectivity index (χ4n) is 2.89. The minimum Gasteiger partial charge on any atom is -0.506 e. The zero-order chi connectivity index (χ0) is 20.5. The second-order valence-electron chi connectivity index (χ2n) is 6.31. The molecule has 144 valence electrons. The van der Waals surface area contributed by atoms with Gasteiger partial charge in [-0.15, -0.1) is 11.3 Å². The average molecular weight is 406 g/mol. The number of hydrogen-bond donors (Lipinski definition) is 1. The summed E-state index contributed by atoms with van der Waals surface area (Å²) in [5, 5.41) is 21.4. The van der Waals surface area contributed by atoms with Crippen LogP contribution in [0, 0.1) is 17.0 Å². The van der Waals surface area contributed by atoms with E-state index >= 15 is 0 Å². The fraction of sp³-hybridized carbons (Fsp3) is 0.0476. The van der Waals surface area contributed by atoms with Gasteiger partial charge in [-0.2, -0.15) is 0 Å². The van der Waals surface area contributed by atoms with Gasteiger partial charge in [0.25, 0.3) is 5.69 Å². The quantitative estimate of drug-likeness (QED) is 0.284. The van der Waals surface area contributed by atoms with Crippen LogP contribution in [0.3, 0.4) is 0 Å². The Hall–Kier alpha value is -3.78. The standard InChI is InChI=1S/C21H14N2O5S/c1-12-9-19(13-5-3-2-4-6-13)29-20(12)17(24)11-16-21(25)28-18-10-14(23(26)27)7-8-15(18)22-16/h2-11,24H,1H3/b17-11+. The van der Waals surface area contributed by atoms with E-state index in [9.17, 15) is 20.0 Å². The Morgan fingerprint density at radius 2 is 1.97 bits per heavy atom. The average Bonchev–Trinajstić information content (AvgIpc) is 3.10. The van der Waals surface area contributed by atoms with Crippen LogP contribution in [0.25, 0.3) is 33.4 Å². The van der Waals surface area contributed by atoms with E-state index in [4.69, 9.17) is 4.42 Å². The number of nitrogens with zero attached hydrogens (tertiary/aromatic N) is 2. The lowest BCUT2D eigenvalue weighted by Crippen LogP contribution is -2.06. The predicted octanol–water partition coefficient (Wildman–Crippen LogP) is 5.19. The van der Waals surface area contributed by atoms with E-state index in [-0.39, 0.29) is 28.2 Å². The van der Waals surface area contributed by atoms with E-state index < -0.39 is 10.5 Å². The largest absolute Gasteiger partial charge is 0.506 e. The minimum atomic E-state index is -0.790. The first-order valence-electron chi connectivity index (χ1n) is 8.58.